The molecule has 1 aliphatic heterocycles. The number of nitrogens with zero attached hydrogens (tertiary/aromatic N) is 2. The van der Waals surface area contributed by atoms with E-state index in [0.29, 0.717) is 31.9 Å². The summed E-state index contributed by atoms with van der Waals surface area (Å²) in [6.45, 7) is 3.11. The first-order valence-electron chi connectivity index (χ1n) is 9.37. The highest BCUT2D eigenvalue weighted by Gasteiger charge is 2.30. The largest absolute Gasteiger partial charge is 0.495 e. The minimum absolute atomic E-state index is 0.130. The van der Waals surface area contributed by atoms with Gasteiger partial charge in [-0.1, -0.05) is 23.7 Å². The van der Waals surface area contributed by atoms with E-state index in [9.17, 15) is 17.6 Å². The molecule has 0 bridgehead atoms. The van der Waals surface area contributed by atoms with Crippen molar-refractivity contribution < 1.29 is 22.3 Å². The Kier molecular flexibility index (Phi) is 6.84. The number of hydrogen-bond donors (Lipinski definition) is 1. The third-order valence-electron chi connectivity index (χ3n) is 4.90. The molecule has 0 radical (unpaired) electrons. The van der Waals surface area contributed by atoms with Gasteiger partial charge in [-0.25, -0.2) is 12.8 Å². The summed E-state index contributed by atoms with van der Waals surface area (Å²) in [6, 6.07) is 9.73. The van der Waals surface area contributed by atoms with Crippen LogP contribution >= 0.6 is 11.6 Å². The quantitative estimate of drug-likeness (QED) is 0.724. The Morgan fingerprint density at radius 2 is 1.83 bits per heavy atom. The molecule has 10 heteroatoms. The van der Waals surface area contributed by atoms with Crippen LogP contribution in [-0.2, 0) is 14.8 Å². The van der Waals surface area contributed by atoms with E-state index >= 15 is 0 Å². The second kappa shape index (κ2) is 9.20. The normalized spacial score (nSPS) is 15.7. The predicted octanol–water partition coefficient (Wildman–Crippen LogP) is 2.50. The van der Waals surface area contributed by atoms with Crippen LogP contribution in [0.1, 0.15) is 6.92 Å². The Morgan fingerprint density at radius 1 is 1.17 bits per heavy atom. The molecule has 1 aliphatic rings. The summed E-state index contributed by atoms with van der Waals surface area (Å²) in [5, 5.41) is 0.236. The molecule has 2 aromatic carbocycles. The van der Waals surface area contributed by atoms with Gasteiger partial charge in [0.25, 0.3) is 0 Å². The lowest BCUT2D eigenvalue weighted by molar-refractivity contribution is -0.132. The number of piperazine rings is 1. The van der Waals surface area contributed by atoms with Crippen LogP contribution in [0.4, 0.5) is 10.1 Å². The standard InChI is InChI=1S/C20H23ClFN3O4S/c1-14(23-30(27,28)19-13-15(21)7-8-18(19)29-2)20(26)25-11-9-24(10-12-25)17-6-4-3-5-16(17)22/h3-8,13-14,23H,9-12H2,1-2H3/t14-/m0/s1. The van der Waals surface area contributed by atoms with Gasteiger partial charge in [-0.3, -0.25) is 4.79 Å². The lowest BCUT2D eigenvalue weighted by Crippen LogP contribution is -2.54. The van der Waals surface area contributed by atoms with Gasteiger partial charge in [0, 0.05) is 31.2 Å². The first-order chi connectivity index (χ1) is 14.2. The van der Waals surface area contributed by atoms with E-state index in [2.05, 4.69) is 4.72 Å². The molecule has 1 fully saturated rings. The number of methoxy groups -OCH3 is 1. The van der Waals surface area contributed by atoms with Crippen LogP contribution in [0.3, 0.4) is 0 Å². The maximum atomic E-state index is 14.0. The second-order valence-electron chi connectivity index (χ2n) is 6.90. The Bertz CT molecular complexity index is 1030. The number of carbonyl (C=O) groups excluding carboxylic acids is 1. The van der Waals surface area contributed by atoms with Crippen LogP contribution in [0, 0.1) is 5.82 Å². The van der Waals surface area contributed by atoms with Gasteiger partial charge in [-0.2, -0.15) is 4.72 Å². The highest BCUT2D eigenvalue weighted by Crippen LogP contribution is 2.27. The summed E-state index contributed by atoms with van der Waals surface area (Å²) in [5.41, 5.74) is 0.492. The van der Waals surface area contributed by atoms with Crippen molar-refractivity contribution >= 4 is 33.2 Å². The SMILES string of the molecule is COc1ccc(Cl)cc1S(=O)(=O)N[C@@H](C)C(=O)N1CCN(c2ccccc2F)CC1. The zero-order valence-electron chi connectivity index (χ0n) is 16.6. The molecule has 1 N–H and O–H groups in total. The number of nitrogens with one attached hydrogen (secondary N) is 1. The maximum Gasteiger partial charge on any atom is 0.245 e. The van der Waals surface area contributed by atoms with Crippen molar-refractivity contribution in [1.29, 1.82) is 0 Å². The summed E-state index contributed by atoms with van der Waals surface area (Å²) < 4.78 is 47.0. The number of sulfonamides is 1. The molecule has 1 saturated heterocycles. The van der Waals surface area contributed by atoms with Gasteiger partial charge in [0.15, 0.2) is 0 Å². The first kappa shape index (κ1) is 22.3. The summed E-state index contributed by atoms with van der Waals surface area (Å²) in [4.78, 5) is 16.1. The molecule has 1 amide bonds. The molecule has 7 nitrogen and oxygen atoms in total. The third-order valence-corrected chi connectivity index (χ3v) is 6.70. The van der Waals surface area contributed by atoms with Crippen LogP contribution in [0.25, 0.3) is 0 Å². The molecule has 0 aliphatic carbocycles. The minimum atomic E-state index is -4.03. The zero-order valence-corrected chi connectivity index (χ0v) is 18.2. The van der Waals surface area contributed by atoms with Gasteiger partial charge in [0.1, 0.15) is 16.5 Å². The molecule has 1 heterocycles. The van der Waals surface area contributed by atoms with Crippen molar-refractivity contribution in [2.45, 2.75) is 17.9 Å². The van der Waals surface area contributed by atoms with Crippen molar-refractivity contribution in [3.05, 3.63) is 53.3 Å². The van der Waals surface area contributed by atoms with E-state index in [0.717, 1.165) is 0 Å². The summed E-state index contributed by atoms with van der Waals surface area (Å²) in [5.74, 6) is -0.535. The van der Waals surface area contributed by atoms with Gasteiger partial charge in [0.05, 0.1) is 18.8 Å². The molecule has 0 unspecified atom stereocenters. The van der Waals surface area contributed by atoms with Crippen molar-refractivity contribution in [2.75, 3.05) is 38.2 Å². The number of anilines is 1. The number of ether oxygens (including phenoxy) is 1. The highest BCUT2D eigenvalue weighted by atomic mass is 35.5. The van der Waals surface area contributed by atoms with Gasteiger partial charge in [-0.15, -0.1) is 0 Å². The van der Waals surface area contributed by atoms with E-state index in [1.165, 1.54) is 38.3 Å². The molecule has 0 aromatic heterocycles. The molecular formula is C20H23ClFN3O4S. The minimum Gasteiger partial charge on any atom is -0.495 e. The van der Waals surface area contributed by atoms with Crippen LogP contribution in [0.5, 0.6) is 5.75 Å². The highest BCUT2D eigenvalue weighted by molar-refractivity contribution is 7.89. The van der Waals surface area contributed by atoms with Gasteiger partial charge in [-0.05, 0) is 37.3 Å². The molecule has 162 valence electrons. The fourth-order valence-corrected chi connectivity index (χ4v) is 4.99. The number of carbonyl (C=O) groups is 1. The molecular weight excluding hydrogens is 433 g/mol. The lowest BCUT2D eigenvalue weighted by atomic mass is 10.2. The summed E-state index contributed by atoms with van der Waals surface area (Å²) in [7, 11) is -2.68. The number of rotatable bonds is 6. The average molecular weight is 456 g/mol. The molecule has 0 spiro atoms. The number of halogens is 2. The summed E-state index contributed by atoms with van der Waals surface area (Å²) >= 11 is 5.92. The van der Waals surface area contributed by atoms with Gasteiger partial charge in [0.2, 0.25) is 15.9 Å². The van der Waals surface area contributed by atoms with Crippen molar-refractivity contribution in [1.82, 2.24) is 9.62 Å². The lowest BCUT2D eigenvalue weighted by Gasteiger charge is -2.37. The van der Waals surface area contributed by atoms with Crippen LogP contribution < -0.4 is 14.4 Å². The zero-order chi connectivity index (χ0) is 21.9. The average Bonchev–Trinajstić information content (AvgIpc) is 2.73. The third kappa shape index (κ3) is 4.85. The van der Waals surface area contributed by atoms with Crippen molar-refractivity contribution in [2.24, 2.45) is 0 Å². The van der Waals surface area contributed by atoms with Crippen LogP contribution in [0.2, 0.25) is 5.02 Å². The van der Waals surface area contributed by atoms with Crippen LogP contribution in [0.15, 0.2) is 47.4 Å². The number of hydrogen-bond acceptors (Lipinski definition) is 5. The maximum absolute atomic E-state index is 14.0. The Labute approximate surface area is 180 Å². The van der Waals surface area contributed by atoms with Crippen LogP contribution in [-0.4, -0.2) is 58.6 Å². The van der Waals surface area contributed by atoms with Crippen molar-refractivity contribution in [3.8, 4) is 5.75 Å². The van der Waals surface area contributed by atoms with Gasteiger partial charge < -0.3 is 14.5 Å². The van der Waals surface area contributed by atoms with E-state index in [4.69, 9.17) is 16.3 Å². The molecule has 3 rings (SSSR count). The summed E-state index contributed by atoms with van der Waals surface area (Å²) in [6.07, 6.45) is 0. The number of para-hydroxylation sites is 1. The predicted molar refractivity (Wildman–Crippen MR) is 113 cm³/mol. The van der Waals surface area contributed by atoms with Crippen molar-refractivity contribution in [3.63, 3.8) is 0 Å². The van der Waals surface area contributed by atoms with Gasteiger partial charge >= 0.3 is 0 Å². The van der Waals surface area contributed by atoms with E-state index in [1.807, 2.05) is 4.90 Å². The fraction of sp³-hybridized carbons (Fsp3) is 0.350. The molecule has 30 heavy (non-hydrogen) atoms. The topological polar surface area (TPSA) is 78.9 Å². The smallest absolute Gasteiger partial charge is 0.245 e. The number of benzene rings is 2. The Balaban J connectivity index is 1.65. The Morgan fingerprint density at radius 3 is 2.47 bits per heavy atom. The van der Waals surface area contributed by atoms with E-state index in [1.54, 1.807) is 23.1 Å². The number of amides is 1. The molecule has 1 atom stereocenters. The fourth-order valence-electron chi connectivity index (χ4n) is 3.36. The second-order valence-corrected chi connectivity index (χ2v) is 9.02. The monoisotopic (exact) mass is 455 g/mol. The molecule has 2 aromatic rings. The molecule has 0 saturated carbocycles. The van der Waals surface area contributed by atoms with E-state index in [-0.39, 0.29) is 27.4 Å². The van der Waals surface area contributed by atoms with E-state index < -0.39 is 16.1 Å². The Hall–Kier alpha value is -2.36. The first-order valence-corrected chi connectivity index (χ1v) is 11.2.